The summed E-state index contributed by atoms with van der Waals surface area (Å²) in [7, 11) is 0. The van der Waals surface area contributed by atoms with Crippen molar-refractivity contribution in [2.24, 2.45) is 5.92 Å². The van der Waals surface area contributed by atoms with E-state index in [-0.39, 0.29) is 11.4 Å². The van der Waals surface area contributed by atoms with Gasteiger partial charge < -0.3 is 10.1 Å². The maximum atomic E-state index is 12.5. The number of aromatic nitrogens is 2. The normalized spacial score (nSPS) is 21.3. The first-order chi connectivity index (χ1) is 11.6. The highest BCUT2D eigenvalue weighted by atomic mass is 16.5. The van der Waals surface area contributed by atoms with Crippen molar-refractivity contribution in [2.75, 3.05) is 32.8 Å². The molecule has 2 aliphatic rings. The number of hydrogen-bond acceptors (Lipinski definition) is 4. The van der Waals surface area contributed by atoms with Crippen molar-refractivity contribution >= 4 is 5.91 Å². The Morgan fingerprint density at radius 3 is 2.71 bits per heavy atom. The molecule has 1 saturated carbocycles. The molecule has 0 atom stereocenters. The summed E-state index contributed by atoms with van der Waals surface area (Å²) in [6, 6.07) is 0. The quantitative estimate of drug-likeness (QED) is 0.863. The SMILES string of the molecule is CC(C)Cn1cc(C(=O)NCC2(N3CCOCC3)CCCC2)cn1. The van der Waals surface area contributed by atoms with Crippen molar-refractivity contribution in [3.8, 4) is 0 Å². The number of morpholine rings is 1. The van der Waals surface area contributed by atoms with Gasteiger partial charge >= 0.3 is 0 Å². The summed E-state index contributed by atoms with van der Waals surface area (Å²) in [6.07, 6.45) is 8.36. The molecule has 1 amide bonds. The van der Waals surface area contributed by atoms with E-state index in [9.17, 15) is 4.79 Å². The van der Waals surface area contributed by atoms with Crippen LogP contribution in [0.5, 0.6) is 0 Å². The average Bonchev–Trinajstić information content (AvgIpc) is 3.23. The van der Waals surface area contributed by atoms with Crippen LogP contribution in [-0.2, 0) is 11.3 Å². The van der Waals surface area contributed by atoms with E-state index in [0.717, 1.165) is 39.4 Å². The molecule has 1 aliphatic heterocycles. The lowest BCUT2D eigenvalue weighted by Crippen LogP contribution is -2.57. The van der Waals surface area contributed by atoms with Gasteiger partial charge in [0.1, 0.15) is 0 Å². The molecular weight excluding hydrogens is 304 g/mol. The lowest BCUT2D eigenvalue weighted by molar-refractivity contribution is -0.0199. The third-order valence-electron chi connectivity index (χ3n) is 5.24. The Morgan fingerprint density at radius 1 is 1.33 bits per heavy atom. The Morgan fingerprint density at radius 2 is 2.04 bits per heavy atom. The molecule has 2 fully saturated rings. The fraction of sp³-hybridized carbons (Fsp3) is 0.778. The Balaban J connectivity index is 1.60. The zero-order chi connectivity index (χ0) is 17.0. The molecule has 0 aromatic carbocycles. The molecule has 1 aromatic rings. The minimum atomic E-state index is -0.00968. The lowest BCUT2D eigenvalue weighted by Gasteiger charge is -2.43. The van der Waals surface area contributed by atoms with Gasteiger partial charge in [0, 0.05) is 37.9 Å². The van der Waals surface area contributed by atoms with E-state index in [2.05, 4.69) is 29.2 Å². The van der Waals surface area contributed by atoms with E-state index in [0.29, 0.717) is 11.5 Å². The Bertz CT molecular complexity index is 543. The minimum Gasteiger partial charge on any atom is -0.379 e. The summed E-state index contributed by atoms with van der Waals surface area (Å²) in [5.41, 5.74) is 0.777. The third kappa shape index (κ3) is 3.98. The summed E-state index contributed by atoms with van der Waals surface area (Å²) >= 11 is 0. The van der Waals surface area contributed by atoms with Gasteiger partial charge in [-0.25, -0.2) is 0 Å². The van der Waals surface area contributed by atoms with Gasteiger partial charge in [0.2, 0.25) is 0 Å². The number of nitrogens with zero attached hydrogens (tertiary/aromatic N) is 3. The van der Waals surface area contributed by atoms with Crippen LogP contribution in [0.2, 0.25) is 0 Å². The number of ether oxygens (including phenoxy) is 1. The van der Waals surface area contributed by atoms with Gasteiger partial charge in [-0.1, -0.05) is 26.7 Å². The first kappa shape index (κ1) is 17.4. The highest BCUT2D eigenvalue weighted by Gasteiger charge is 2.40. The van der Waals surface area contributed by atoms with Gasteiger partial charge in [-0.15, -0.1) is 0 Å². The molecule has 1 aliphatic carbocycles. The zero-order valence-corrected chi connectivity index (χ0v) is 15.0. The molecule has 134 valence electrons. The van der Waals surface area contributed by atoms with Gasteiger partial charge in [0.15, 0.2) is 0 Å². The van der Waals surface area contributed by atoms with Gasteiger partial charge in [0.05, 0.1) is 25.0 Å². The van der Waals surface area contributed by atoms with E-state index < -0.39 is 0 Å². The predicted molar refractivity (Wildman–Crippen MR) is 93.0 cm³/mol. The topological polar surface area (TPSA) is 59.4 Å². The van der Waals surface area contributed by atoms with Crippen LogP contribution < -0.4 is 5.32 Å². The molecule has 0 unspecified atom stereocenters. The van der Waals surface area contributed by atoms with E-state index in [1.165, 1.54) is 25.7 Å². The largest absolute Gasteiger partial charge is 0.379 e. The van der Waals surface area contributed by atoms with Crippen LogP contribution in [0.15, 0.2) is 12.4 Å². The summed E-state index contributed by atoms with van der Waals surface area (Å²) in [5, 5.41) is 7.46. The highest BCUT2D eigenvalue weighted by Crippen LogP contribution is 2.35. The maximum absolute atomic E-state index is 12.5. The smallest absolute Gasteiger partial charge is 0.254 e. The first-order valence-electron chi connectivity index (χ1n) is 9.22. The molecule has 1 N–H and O–H groups in total. The minimum absolute atomic E-state index is 0.00968. The van der Waals surface area contributed by atoms with E-state index >= 15 is 0 Å². The summed E-state index contributed by atoms with van der Waals surface area (Å²) < 4.78 is 7.35. The van der Waals surface area contributed by atoms with Crippen LogP contribution in [0.25, 0.3) is 0 Å². The van der Waals surface area contributed by atoms with Crippen LogP contribution in [0, 0.1) is 5.92 Å². The predicted octanol–water partition coefficient (Wildman–Crippen LogP) is 1.91. The molecule has 0 radical (unpaired) electrons. The number of hydrogen-bond donors (Lipinski definition) is 1. The van der Waals surface area contributed by atoms with Crippen molar-refractivity contribution in [1.82, 2.24) is 20.0 Å². The monoisotopic (exact) mass is 334 g/mol. The lowest BCUT2D eigenvalue weighted by atomic mass is 9.94. The summed E-state index contributed by atoms with van der Waals surface area (Å²) in [6.45, 7) is 9.41. The van der Waals surface area contributed by atoms with Gasteiger partial charge in [-0.05, 0) is 18.8 Å². The molecule has 3 rings (SSSR count). The van der Waals surface area contributed by atoms with Crippen LogP contribution in [0.4, 0.5) is 0 Å². The molecule has 0 bridgehead atoms. The van der Waals surface area contributed by atoms with E-state index in [1.807, 2.05) is 10.9 Å². The number of carbonyl (C=O) groups excluding carboxylic acids is 1. The van der Waals surface area contributed by atoms with Crippen LogP contribution in [0.1, 0.15) is 49.9 Å². The Labute approximate surface area is 144 Å². The van der Waals surface area contributed by atoms with Crippen molar-refractivity contribution in [1.29, 1.82) is 0 Å². The molecule has 6 heteroatoms. The van der Waals surface area contributed by atoms with Gasteiger partial charge in [0.25, 0.3) is 5.91 Å². The molecule has 1 saturated heterocycles. The van der Waals surface area contributed by atoms with E-state index in [1.54, 1.807) is 6.20 Å². The third-order valence-corrected chi connectivity index (χ3v) is 5.24. The fourth-order valence-corrected chi connectivity index (χ4v) is 3.98. The van der Waals surface area contributed by atoms with Crippen molar-refractivity contribution < 1.29 is 9.53 Å². The fourth-order valence-electron chi connectivity index (χ4n) is 3.98. The molecular formula is C18H30N4O2. The van der Waals surface area contributed by atoms with Crippen LogP contribution in [0.3, 0.4) is 0 Å². The second-order valence-corrected chi connectivity index (χ2v) is 7.56. The Hall–Kier alpha value is -1.40. The summed E-state index contributed by atoms with van der Waals surface area (Å²) in [4.78, 5) is 15.1. The molecule has 0 spiro atoms. The number of nitrogens with one attached hydrogen (secondary N) is 1. The first-order valence-corrected chi connectivity index (χ1v) is 9.22. The molecule has 2 heterocycles. The van der Waals surface area contributed by atoms with Crippen LogP contribution >= 0.6 is 0 Å². The second-order valence-electron chi connectivity index (χ2n) is 7.56. The Kier molecular flexibility index (Phi) is 5.56. The van der Waals surface area contributed by atoms with Crippen molar-refractivity contribution in [2.45, 2.75) is 51.6 Å². The zero-order valence-electron chi connectivity index (χ0n) is 15.0. The molecule has 24 heavy (non-hydrogen) atoms. The molecule has 6 nitrogen and oxygen atoms in total. The van der Waals surface area contributed by atoms with Gasteiger partial charge in [-0.2, -0.15) is 5.10 Å². The number of amides is 1. The van der Waals surface area contributed by atoms with Crippen molar-refractivity contribution in [3.63, 3.8) is 0 Å². The summed E-state index contributed by atoms with van der Waals surface area (Å²) in [5.74, 6) is 0.508. The van der Waals surface area contributed by atoms with Crippen molar-refractivity contribution in [3.05, 3.63) is 18.0 Å². The van der Waals surface area contributed by atoms with E-state index in [4.69, 9.17) is 4.74 Å². The second kappa shape index (κ2) is 7.66. The number of carbonyl (C=O) groups is 1. The number of rotatable bonds is 6. The molecule has 1 aromatic heterocycles. The highest BCUT2D eigenvalue weighted by molar-refractivity contribution is 5.93. The average molecular weight is 334 g/mol. The van der Waals surface area contributed by atoms with Gasteiger partial charge in [-0.3, -0.25) is 14.4 Å². The van der Waals surface area contributed by atoms with Crippen LogP contribution in [-0.4, -0.2) is 59.0 Å². The maximum Gasteiger partial charge on any atom is 0.254 e. The standard InChI is InChI=1S/C18H30N4O2/c1-15(2)12-22-13-16(11-20-22)17(23)19-14-18(5-3-4-6-18)21-7-9-24-10-8-21/h11,13,15H,3-10,12,14H2,1-2H3,(H,19,23).